The number of aromatic nitrogens is 2. The maximum atomic E-state index is 13.5. The summed E-state index contributed by atoms with van der Waals surface area (Å²) in [7, 11) is 0. The highest BCUT2D eigenvalue weighted by atomic mass is 19.2. The smallest absolute Gasteiger partial charge is 0.257 e. The van der Waals surface area contributed by atoms with E-state index in [1.807, 2.05) is 31.2 Å². The van der Waals surface area contributed by atoms with E-state index < -0.39 is 11.6 Å². The molecular weight excluding hydrogens is 340 g/mol. The lowest BCUT2D eigenvalue weighted by atomic mass is 10.1. The third kappa shape index (κ3) is 2.96. The monoisotopic (exact) mass is 355 g/mol. The highest BCUT2D eigenvalue weighted by Crippen LogP contribution is 2.32. The molecule has 0 radical (unpaired) electrons. The van der Waals surface area contributed by atoms with Crippen LogP contribution in [0.5, 0.6) is 0 Å². The van der Waals surface area contributed by atoms with Crippen molar-refractivity contribution in [2.24, 2.45) is 0 Å². The minimum absolute atomic E-state index is 0.186. The van der Waals surface area contributed by atoms with Crippen LogP contribution >= 0.6 is 0 Å². The zero-order valence-corrected chi connectivity index (χ0v) is 13.9. The van der Waals surface area contributed by atoms with Gasteiger partial charge in [0.05, 0.1) is 0 Å². The zero-order valence-electron chi connectivity index (χ0n) is 13.9. The van der Waals surface area contributed by atoms with Crippen LogP contribution in [0.3, 0.4) is 0 Å². The van der Waals surface area contributed by atoms with E-state index in [4.69, 9.17) is 4.52 Å². The second-order valence-electron chi connectivity index (χ2n) is 6.33. The Morgan fingerprint density at radius 3 is 2.77 bits per heavy atom. The lowest BCUT2D eigenvalue weighted by Crippen LogP contribution is -2.24. The molecule has 0 N–H and O–H groups in total. The number of rotatable bonds is 3. The summed E-state index contributed by atoms with van der Waals surface area (Å²) in [5, 5.41) is 4.00. The van der Waals surface area contributed by atoms with Gasteiger partial charge in [0.15, 0.2) is 17.5 Å². The lowest BCUT2D eigenvalue weighted by Gasteiger charge is -2.16. The molecule has 3 aromatic rings. The van der Waals surface area contributed by atoms with Crippen LogP contribution < -0.4 is 4.90 Å². The molecule has 0 saturated carbocycles. The van der Waals surface area contributed by atoms with Crippen LogP contribution in [-0.4, -0.2) is 22.6 Å². The van der Waals surface area contributed by atoms with Crippen molar-refractivity contribution in [2.45, 2.75) is 19.3 Å². The third-order valence-corrected chi connectivity index (χ3v) is 4.41. The average Bonchev–Trinajstić information content (AvgIpc) is 3.24. The lowest BCUT2D eigenvalue weighted by molar-refractivity contribution is -0.117. The van der Waals surface area contributed by atoms with Crippen molar-refractivity contribution < 1.29 is 18.1 Å². The number of hydrogen-bond donors (Lipinski definition) is 0. The highest BCUT2D eigenvalue weighted by molar-refractivity contribution is 5.96. The van der Waals surface area contributed by atoms with Crippen LogP contribution in [0.2, 0.25) is 0 Å². The number of carbonyl (C=O) groups is 1. The standard InChI is InChI=1S/C19H15F2N3O2/c1-11-3-2-4-12(7-11)19-22-18(23-26-19)13-8-17(25)24(10-13)14-5-6-15(20)16(21)9-14/h2-7,9,13H,8,10H2,1H3. The van der Waals surface area contributed by atoms with Gasteiger partial charge in [0.2, 0.25) is 5.91 Å². The SMILES string of the molecule is Cc1cccc(-c2nc(C3CC(=O)N(c4ccc(F)c(F)c4)C3)no2)c1. The Morgan fingerprint density at radius 1 is 1.15 bits per heavy atom. The Bertz CT molecular complexity index is 986. The van der Waals surface area contributed by atoms with Gasteiger partial charge in [-0.3, -0.25) is 4.79 Å². The fourth-order valence-electron chi connectivity index (χ4n) is 3.08. The van der Waals surface area contributed by atoms with Crippen molar-refractivity contribution in [1.29, 1.82) is 0 Å². The van der Waals surface area contributed by atoms with Crippen molar-refractivity contribution >= 4 is 11.6 Å². The summed E-state index contributed by atoms with van der Waals surface area (Å²) >= 11 is 0. The number of anilines is 1. The second kappa shape index (κ2) is 6.33. The van der Waals surface area contributed by atoms with Gasteiger partial charge in [0, 0.05) is 36.2 Å². The van der Waals surface area contributed by atoms with Gasteiger partial charge >= 0.3 is 0 Å². The van der Waals surface area contributed by atoms with E-state index in [0.717, 1.165) is 23.3 Å². The maximum absolute atomic E-state index is 13.5. The minimum Gasteiger partial charge on any atom is -0.334 e. The van der Waals surface area contributed by atoms with Crippen LogP contribution in [0.1, 0.15) is 23.7 Å². The Morgan fingerprint density at radius 2 is 2.00 bits per heavy atom. The van der Waals surface area contributed by atoms with Gasteiger partial charge in [-0.05, 0) is 31.2 Å². The molecule has 4 rings (SSSR count). The molecule has 1 aromatic heterocycles. The first-order valence-corrected chi connectivity index (χ1v) is 8.17. The Balaban J connectivity index is 1.56. The van der Waals surface area contributed by atoms with Crippen LogP contribution in [-0.2, 0) is 4.79 Å². The fourth-order valence-corrected chi connectivity index (χ4v) is 3.08. The largest absolute Gasteiger partial charge is 0.334 e. The predicted molar refractivity (Wildman–Crippen MR) is 90.5 cm³/mol. The molecule has 1 amide bonds. The fraction of sp³-hybridized carbons (Fsp3) is 0.211. The zero-order chi connectivity index (χ0) is 18.3. The molecule has 7 heteroatoms. The van der Waals surface area contributed by atoms with Gasteiger partial charge < -0.3 is 9.42 Å². The van der Waals surface area contributed by atoms with Crippen molar-refractivity contribution in [2.75, 3.05) is 11.4 Å². The van der Waals surface area contributed by atoms with Crippen LogP contribution in [0.25, 0.3) is 11.5 Å². The number of nitrogens with zero attached hydrogens (tertiary/aromatic N) is 3. The highest BCUT2D eigenvalue weighted by Gasteiger charge is 2.35. The molecule has 1 aliphatic heterocycles. The van der Waals surface area contributed by atoms with Crippen molar-refractivity contribution in [3.8, 4) is 11.5 Å². The van der Waals surface area contributed by atoms with Crippen molar-refractivity contribution in [3.63, 3.8) is 0 Å². The molecule has 1 fully saturated rings. The molecule has 132 valence electrons. The molecule has 2 aromatic carbocycles. The van der Waals surface area contributed by atoms with Gasteiger partial charge in [-0.15, -0.1) is 0 Å². The summed E-state index contributed by atoms with van der Waals surface area (Å²) in [5.74, 6) is -1.57. The topological polar surface area (TPSA) is 59.2 Å². The van der Waals surface area contributed by atoms with Gasteiger partial charge in [-0.1, -0.05) is 22.9 Å². The molecular formula is C19H15F2N3O2. The Labute approximate surface area is 148 Å². The van der Waals surface area contributed by atoms with Crippen LogP contribution in [0, 0.1) is 18.6 Å². The minimum atomic E-state index is -0.986. The maximum Gasteiger partial charge on any atom is 0.257 e. The second-order valence-corrected chi connectivity index (χ2v) is 6.33. The summed E-state index contributed by atoms with van der Waals surface area (Å²) in [4.78, 5) is 18.1. The quantitative estimate of drug-likeness (QED) is 0.716. The summed E-state index contributed by atoms with van der Waals surface area (Å²) in [6.07, 6.45) is 0.186. The van der Waals surface area contributed by atoms with E-state index in [1.165, 1.54) is 11.0 Å². The number of amides is 1. The molecule has 5 nitrogen and oxygen atoms in total. The van der Waals surface area contributed by atoms with E-state index in [0.29, 0.717) is 17.4 Å². The molecule has 1 saturated heterocycles. The van der Waals surface area contributed by atoms with Gasteiger partial charge in [0.25, 0.3) is 5.89 Å². The first-order valence-electron chi connectivity index (χ1n) is 8.17. The molecule has 1 atom stereocenters. The van der Waals surface area contributed by atoms with Crippen LogP contribution in [0.4, 0.5) is 14.5 Å². The molecule has 0 spiro atoms. The summed E-state index contributed by atoms with van der Waals surface area (Å²) in [5.41, 5.74) is 2.20. The number of aryl methyl sites for hydroxylation is 1. The van der Waals surface area contributed by atoms with Crippen LogP contribution in [0.15, 0.2) is 47.0 Å². The molecule has 1 aliphatic rings. The van der Waals surface area contributed by atoms with E-state index >= 15 is 0 Å². The predicted octanol–water partition coefficient (Wildman–Crippen LogP) is 3.84. The van der Waals surface area contributed by atoms with E-state index in [-0.39, 0.29) is 24.8 Å². The molecule has 0 bridgehead atoms. The Kier molecular flexibility index (Phi) is 3.99. The number of hydrogen-bond acceptors (Lipinski definition) is 4. The van der Waals surface area contributed by atoms with Gasteiger partial charge in [-0.25, -0.2) is 8.78 Å². The molecule has 1 unspecified atom stereocenters. The van der Waals surface area contributed by atoms with Gasteiger partial charge in [-0.2, -0.15) is 4.98 Å². The summed E-state index contributed by atoms with van der Waals surface area (Å²) in [6, 6.07) is 11.1. The Hall–Kier alpha value is -3.09. The van der Waals surface area contributed by atoms with E-state index in [1.54, 1.807) is 0 Å². The summed E-state index contributed by atoms with van der Waals surface area (Å²) < 4.78 is 31.9. The average molecular weight is 355 g/mol. The van der Waals surface area contributed by atoms with Crippen molar-refractivity contribution in [1.82, 2.24) is 10.1 Å². The number of halogens is 2. The summed E-state index contributed by atoms with van der Waals surface area (Å²) in [6.45, 7) is 2.26. The van der Waals surface area contributed by atoms with E-state index in [9.17, 15) is 13.6 Å². The molecule has 2 heterocycles. The molecule has 26 heavy (non-hydrogen) atoms. The van der Waals surface area contributed by atoms with E-state index in [2.05, 4.69) is 10.1 Å². The van der Waals surface area contributed by atoms with Crippen molar-refractivity contribution in [3.05, 3.63) is 65.5 Å². The number of carbonyl (C=O) groups excluding carboxylic acids is 1. The first-order chi connectivity index (χ1) is 12.5. The number of benzene rings is 2. The first kappa shape index (κ1) is 16.4. The third-order valence-electron chi connectivity index (χ3n) is 4.41. The normalized spacial score (nSPS) is 17.1. The van der Waals surface area contributed by atoms with Gasteiger partial charge in [0.1, 0.15) is 0 Å². The molecule has 0 aliphatic carbocycles.